The van der Waals surface area contributed by atoms with Gasteiger partial charge in [0.15, 0.2) is 0 Å². The Kier molecular flexibility index (Phi) is 3.09. The van der Waals surface area contributed by atoms with Crippen LogP contribution < -0.4 is 0 Å². The topological polar surface area (TPSA) is 3.24 Å². The van der Waals surface area contributed by atoms with E-state index in [9.17, 15) is 0 Å². The molecule has 106 valence electrons. The predicted molar refractivity (Wildman–Crippen MR) is 88.4 cm³/mol. The van der Waals surface area contributed by atoms with Crippen LogP contribution in [-0.2, 0) is 0 Å². The zero-order valence-electron chi connectivity index (χ0n) is 13.2. The first-order valence-electron chi connectivity index (χ1n) is 8.12. The molecular weight excluding hydrogens is 249 g/mol. The van der Waals surface area contributed by atoms with Gasteiger partial charge in [-0.15, -0.1) is 0 Å². The molecule has 3 fully saturated rings. The lowest BCUT2D eigenvalue weighted by molar-refractivity contribution is 0.224. The van der Waals surface area contributed by atoms with Gasteiger partial charge in [0.25, 0.3) is 0 Å². The van der Waals surface area contributed by atoms with Crippen molar-refractivity contribution in [2.45, 2.75) is 83.0 Å². The van der Waals surface area contributed by atoms with Crippen LogP contribution in [-0.4, -0.2) is 29.3 Å². The van der Waals surface area contributed by atoms with Crippen molar-refractivity contribution in [3.8, 4) is 0 Å². The Morgan fingerprint density at radius 1 is 1.32 bits per heavy atom. The van der Waals surface area contributed by atoms with E-state index in [1.54, 1.807) is 0 Å². The molecule has 2 saturated heterocycles. The predicted octanol–water partition coefficient (Wildman–Crippen LogP) is 4.04. The third-order valence-corrected chi connectivity index (χ3v) is 7.05. The van der Waals surface area contributed by atoms with Gasteiger partial charge in [-0.3, -0.25) is 0 Å². The maximum atomic E-state index is 5.67. The number of hydrogen-bond acceptors (Lipinski definition) is 1. The van der Waals surface area contributed by atoms with Gasteiger partial charge in [0.05, 0.1) is 4.99 Å². The van der Waals surface area contributed by atoms with Crippen molar-refractivity contribution in [1.82, 2.24) is 4.90 Å². The van der Waals surface area contributed by atoms with E-state index in [1.807, 2.05) is 0 Å². The summed E-state index contributed by atoms with van der Waals surface area (Å²) >= 11 is 5.67. The molecule has 2 heterocycles. The van der Waals surface area contributed by atoms with Crippen LogP contribution >= 0.6 is 12.2 Å². The van der Waals surface area contributed by atoms with Gasteiger partial charge >= 0.3 is 0 Å². The van der Waals surface area contributed by atoms with Crippen molar-refractivity contribution in [3.63, 3.8) is 0 Å². The van der Waals surface area contributed by atoms with Crippen LogP contribution in [0.3, 0.4) is 0 Å². The second-order valence-corrected chi connectivity index (χ2v) is 8.69. The molecule has 0 spiro atoms. The van der Waals surface area contributed by atoms with Crippen LogP contribution in [0.15, 0.2) is 0 Å². The first-order valence-corrected chi connectivity index (χ1v) is 8.53. The molecule has 1 nitrogen and oxygen atoms in total. The largest absolute Gasteiger partial charge is 0.360 e. The summed E-state index contributed by atoms with van der Waals surface area (Å²) < 4.78 is 0. The first kappa shape index (κ1) is 13.9. The van der Waals surface area contributed by atoms with E-state index in [4.69, 9.17) is 12.2 Å². The number of likely N-dealkylation sites (tertiary alicyclic amines) is 1. The lowest BCUT2D eigenvalue weighted by Gasteiger charge is -2.33. The molecule has 4 atom stereocenters. The van der Waals surface area contributed by atoms with Gasteiger partial charge in [0, 0.05) is 18.5 Å². The fourth-order valence-corrected chi connectivity index (χ4v) is 6.18. The van der Waals surface area contributed by atoms with Gasteiger partial charge < -0.3 is 4.90 Å². The van der Waals surface area contributed by atoms with E-state index >= 15 is 0 Å². The molecule has 0 aromatic rings. The molecule has 19 heavy (non-hydrogen) atoms. The summed E-state index contributed by atoms with van der Waals surface area (Å²) in [6.07, 6.45) is 5.39. The Balaban J connectivity index is 1.85. The second kappa shape index (κ2) is 4.22. The number of fused-ring (bicyclic) bond motifs is 2. The molecule has 0 amide bonds. The fraction of sp³-hybridized carbons (Fsp3) is 0.938. The Morgan fingerprint density at radius 3 is 2.58 bits per heavy atom. The zero-order valence-corrected chi connectivity index (χ0v) is 14.0. The first-order chi connectivity index (χ1) is 8.81. The average molecular weight is 277 g/mol. The molecule has 4 unspecified atom stereocenters. The van der Waals surface area contributed by atoms with E-state index in [0.29, 0.717) is 16.7 Å². The third-order valence-electron chi connectivity index (χ3n) is 6.67. The van der Waals surface area contributed by atoms with Crippen molar-refractivity contribution in [3.05, 3.63) is 0 Å². The maximum absolute atomic E-state index is 5.67. The molecule has 3 aliphatic rings. The molecule has 0 aromatic carbocycles. The molecule has 1 aliphatic carbocycles. The monoisotopic (exact) mass is 277 g/mol. The minimum absolute atomic E-state index is 0.583. The van der Waals surface area contributed by atoms with Crippen LogP contribution in [0.1, 0.15) is 60.3 Å². The van der Waals surface area contributed by atoms with Gasteiger partial charge in [-0.1, -0.05) is 50.0 Å². The normalized spacial score (nSPS) is 45.0. The maximum Gasteiger partial charge on any atom is 0.135 e. The molecule has 3 heteroatoms. The molecule has 2 aliphatic heterocycles. The zero-order chi connectivity index (χ0) is 14.0. The van der Waals surface area contributed by atoms with E-state index in [2.05, 4.69) is 39.5 Å². The van der Waals surface area contributed by atoms with E-state index in [-0.39, 0.29) is 0 Å². The van der Waals surface area contributed by atoms with Crippen molar-refractivity contribution in [2.24, 2.45) is 11.8 Å². The summed E-state index contributed by atoms with van der Waals surface area (Å²) in [6.45, 7) is 12.0. The van der Waals surface area contributed by atoms with Crippen LogP contribution in [0, 0.1) is 11.8 Å². The minimum atomic E-state index is 0.583. The molecule has 0 bridgehead atoms. The molecule has 3 rings (SSSR count). The van der Waals surface area contributed by atoms with Gasteiger partial charge in [-0.25, -0.2) is 0 Å². The highest BCUT2D eigenvalue weighted by atomic mass is 32.1. The van der Waals surface area contributed by atoms with Gasteiger partial charge in [0.2, 0.25) is 0 Å². The quantitative estimate of drug-likeness (QED) is 0.553. The number of rotatable bonds is 2. The minimum Gasteiger partial charge on any atom is -0.360 e. The van der Waals surface area contributed by atoms with Crippen LogP contribution in [0.2, 0.25) is 10.6 Å². The molecule has 0 aromatic heterocycles. The SMILES string of the molecule is CC(C)N1C(=S)CC2CC3(C)BC3(C(C)C)CCC21. The number of thiocarbonyl (C=S) groups is 1. The van der Waals surface area contributed by atoms with Crippen LogP contribution in [0.25, 0.3) is 0 Å². The van der Waals surface area contributed by atoms with E-state index in [0.717, 1.165) is 17.9 Å². The van der Waals surface area contributed by atoms with Crippen molar-refractivity contribution in [1.29, 1.82) is 0 Å². The summed E-state index contributed by atoms with van der Waals surface area (Å²) in [5.41, 5.74) is 0. The molecule has 1 saturated carbocycles. The Hall–Kier alpha value is -0.0451. The highest BCUT2D eigenvalue weighted by molar-refractivity contribution is 7.80. The smallest absolute Gasteiger partial charge is 0.135 e. The summed E-state index contributed by atoms with van der Waals surface area (Å²) in [5, 5.41) is 1.27. The average Bonchev–Trinajstić information content (AvgIpc) is 2.78. The Morgan fingerprint density at radius 2 is 2.00 bits per heavy atom. The fourth-order valence-electron chi connectivity index (χ4n) is 5.62. The van der Waals surface area contributed by atoms with Gasteiger partial charge in [0.1, 0.15) is 7.28 Å². The summed E-state index contributed by atoms with van der Waals surface area (Å²) in [6, 6.07) is 1.33. The summed E-state index contributed by atoms with van der Waals surface area (Å²) in [5.74, 6) is 1.68. The third kappa shape index (κ3) is 1.83. The second-order valence-electron chi connectivity index (χ2n) is 8.22. The standard InChI is InChI=1S/C16H28BNS/c1-10(2)16-7-6-13-12(9-15(16,5)17-16)8-14(19)18(13)11(3)4/h10-13,17H,6-9H2,1-5H3. The Bertz CT molecular complexity index is 408. The van der Waals surface area contributed by atoms with E-state index < -0.39 is 0 Å². The van der Waals surface area contributed by atoms with E-state index in [1.165, 1.54) is 38.0 Å². The highest BCUT2D eigenvalue weighted by Crippen LogP contribution is 2.79. The number of hydrogen-bond donors (Lipinski definition) is 0. The van der Waals surface area contributed by atoms with Crippen LogP contribution in [0.4, 0.5) is 0 Å². The lowest BCUT2D eigenvalue weighted by atomic mass is 9.74. The lowest BCUT2D eigenvalue weighted by Crippen LogP contribution is -2.39. The van der Waals surface area contributed by atoms with Crippen molar-refractivity contribution in [2.75, 3.05) is 0 Å². The van der Waals surface area contributed by atoms with Gasteiger partial charge in [-0.05, 0) is 38.5 Å². The molecule has 0 N–H and O–H groups in total. The molecule has 0 radical (unpaired) electrons. The summed E-state index contributed by atoms with van der Waals surface area (Å²) in [7, 11) is 1.47. The van der Waals surface area contributed by atoms with Gasteiger partial charge in [-0.2, -0.15) is 0 Å². The van der Waals surface area contributed by atoms with Crippen LogP contribution in [0.5, 0.6) is 0 Å². The van der Waals surface area contributed by atoms with Crippen molar-refractivity contribution < 1.29 is 0 Å². The Labute approximate surface area is 124 Å². The molecular formula is C16H28BNS. The summed E-state index contributed by atoms with van der Waals surface area (Å²) in [4.78, 5) is 3.81. The highest BCUT2D eigenvalue weighted by Gasteiger charge is 2.68. The number of nitrogens with zero attached hydrogens (tertiary/aromatic N) is 1. The van der Waals surface area contributed by atoms with Crippen molar-refractivity contribution >= 4 is 24.5 Å².